The van der Waals surface area contributed by atoms with Crippen molar-refractivity contribution >= 4 is 11.8 Å². The third-order valence-electron chi connectivity index (χ3n) is 2.04. The highest BCUT2D eigenvalue weighted by Gasteiger charge is 2.18. The molecule has 0 saturated carbocycles. The lowest BCUT2D eigenvalue weighted by Gasteiger charge is -2.19. The van der Waals surface area contributed by atoms with Gasteiger partial charge < -0.3 is 10.5 Å². The summed E-state index contributed by atoms with van der Waals surface area (Å²) in [6.45, 7) is 7.53. The number of hydrogen-bond acceptors (Lipinski definition) is 4. The van der Waals surface area contributed by atoms with E-state index < -0.39 is 5.60 Å². The molecule has 0 amide bonds. The van der Waals surface area contributed by atoms with Gasteiger partial charge in [0, 0.05) is 5.56 Å². The molecule has 16 heavy (non-hydrogen) atoms. The molecule has 1 heterocycles. The Labute approximate surface area is 95.6 Å². The second-order valence-corrected chi connectivity index (χ2v) is 4.65. The van der Waals surface area contributed by atoms with Crippen molar-refractivity contribution < 1.29 is 9.53 Å². The Bertz CT molecular complexity index is 377. The monoisotopic (exact) mass is 225 g/mol. The summed E-state index contributed by atoms with van der Waals surface area (Å²) in [6, 6.07) is 0. The molecule has 0 fully saturated rings. The van der Waals surface area contributed by atoms with Gasteiger partial charge in [0.15, 0.2) is 0 Å². The lowest BCUT2D eigenvalue weighted by atomic mass is 10.2. The second-order valence-electron chi connectivity index (χ2n) is 4.65. The maximum Gasteiger partial charge on any atom is 0.328 e. The number of nitrogens with two attached hydrogens (primary N) is 1. The SMILES string of the molecule is CCc1cnn(CC(=O)OC(C)(C)C)c1N. The Morgan fingerprint density at radius 2 is 2.19 bits per heavy atom. The first-order chi connectivity index (χ1) is 7.33. The average Bonchev–Trinajstić information content (AvgIpc) is 2.44. The molecule has 0 bridgehead atoms. The van der Waals surface area contributed by atoms with E-state index >= 15 is 0 Å². The van der Waals surface area contributed by atoms with Crippen molar-refractivity contribution in [2.75, 3.05) is 5.73 Å². The largest absolute Gasteiger partial charge is 0.459 e. The fourth-order valence-corrected chi connectivity index (χ4v) is 1.33. The van der Waals surface area contributed by atoms with Gasteiger partial charge >= 0.3 is 5.97 Å². The van der Waals surface area contributed by atoms with Crippen LogP contribution in [0.15, 0.2) is 6.20 Å². The van der Waals surface area contributed by atoms with Gasteiger partial charge in [0.05, 0.1) is 6.20 Å². The summed E-state index contributed by atoms with van der Waals surface area (Å²) in [6.07, 6.45) is 2.49. The number of carbonyl (C=O) groups is 1. The molecule has 0 aromatic carbocycles. The van der Waals surface area contributed by atoms with Gasteiger partial charge in [-0.1, -0.05) is 6.92 Å². The van der Waals surface area contributed by atoms with E-state index in [0.29, 0.717) is 5.82 Å². The number of aryl methyl sites for hydroxylation is 1. The fourth-order valence-electron chi connectivity index (χ4n) is 1.33. The van der Waals surface area contributed by atoms with Gasteiger partial charge in [0.2, 0.25) is 0 Å². The predicted molar refractivity (Wildman–Crippen MR) is 61.9 cm³/mol. The van der Waals surface area contributed by atoms with Crippen LogP contribution in [0.2, 0.25) is 0 Å². The van der Waals surface area contributed by atoms with E-state index in [-0.39, 0.29) is 12.5 Å². The van der Waals surface area contributed by atoms with Gasteiger partial charge in [0.25, 0.3) is 0 Å². The van der Waals surface area contributed by atoms with E-state index in [4.69, 9.17) is 10.5 Å². The van der Waals surface area contributed by atoms with E-state index in [1.54, 1.807) is 6.20 Å². The number of ether oxygens (including phenoxy) is 1. The molecule has 0 aliphatic carbocycles. The summed E-state index contributed by atoms with van der Waals surface area (Å²) in [7, 11) is 0. The number of nitrogens with zero attached hydrogens (tertiary/aromatic N) is 2. The molecule has 0 atom stereocenters. The summed E-state index contributed by atoms with van der Waals surface area (Å²) < 4.78 is 6.65. The molecule has 90 valence electrons. The normalized spacial score (nSPS) is 11.5. The molecule has 5 nitrogen and oxygen atoms in total. The Morgan fingerprint density at radius 1 is 1.56 bits per heavy atom. The number of aromatic nitrogens is 2. The third kappa shape index (κ3) is 3.25. The number of nitrogen functional groups attached to an aromatic ring is 1. The number of anilines is 1. The Balaban J connectivity index is 2.67. The fraction of sp³-hybridized carbons (Fsp3) is 0.636. The molecule has 0 saturated heterocycles. The van der Waals surface area contributed by atoms with Crippen LogP contribution < -0.4 is 5.73 Å². The minimum Gasteiger partial charge on any atom is -0.459 e. The van der Waals surface area contributed by atoms with Crippen molar-refractivity contribution in [3.63, 3.8) is 0 Å². The maximum atomic E-state index is 11.5. The quantitative estimate of drug-likeness (QED) is 0.789. The van der Waals surface area contributed by atoms with E-state index in [1.165, 1.54) is 4.68 Å². The molecule has 1 aromatic heterocycles. The van der Waals surface area contributed by atoms with E-state index in [2.05, 4.69) is 5.10 Å². The second kappa shape index (κ2) is 4.55. The smallest absolute Gasteiger partial charge is 0.328 e. The summed E-state index contributed by atoms with van der Waals surface area (Å²) in [5.41, 5.74) is 6.29. The van der Waals surface area contributed by atoms with Gasteiger partial charge in [-0.25, -0.2) is 4.68 Å². The standard InChI is InChI=1S/C11H19N3O2/c1-5-8-6-13-14(10(8)12)7-9(15)16-11(2,3)4/h6H,5,7,12H2,1-4H3. The minimum atomic E-state index is -0.480. The number of esters is 1. The van der Waals surface area contributed by atoms with E-state index in [0.717, 1.165) is 12.0 Å². The molecule has 0 spiro atoms. The molecule has 0 radical (unpaired) electrons. The van der Waals surface area contributed by atoms with Gasteiger partial charge in [-0.2, -0.15) is 5.10 Å². The number of rotatable bonds is 3. The van der Waals surface area contributed by atoms with Crippen LogP contribution in [0.5, 0.6) is 0 Å². The maximum absolute atomic E-state index is 11.5. The summed E-state index contributed by atoms with van der Waals surface area (Å²) in [5.74, 6) is 0.207. The van der Waals surface area contributed by atoms with Crippen LogP contribution in [0.4, 0.5) is 5.82 Å². The van der Waals surface area contributed by atoms with Crippen LogP contribution >= 0.6 is 0 Å². The Kier molecular flexibility index (Phi) is 3.57. The highest BCUT2D eigenvalue weighted by Crippen LogP contribution is 2.13. The van der Waals surface area contributed by atoms with E-state index in [1.807, 2.05) is 27.7 Å². The average molecular weight is 225 g/mol. The first-order valence-corrected chi connectivity index (χ1v) is 5.35. The van der Waals surface area contributed by atoms with Crippen molar-refractivity contribution in [3.05, 3.63) is 11.8 Å². The molecule has 0 unspecified atom stereocenters. The third-order valence-corrected chi connectivity index (χ3v) is 2.04. The number of carbonyl (C=O) groups excluding carboxylic acids is 1. The van der Waals surface area contributed by atoms with Crippen molar-refractivity contribution in [2.45, 2.75) is 46.3 Å². The van der Waals surface area contributed by atoms with Gasteiger partial charge in [-0.05, 0) is 27.2 Å². The first-order valence-electron chi connectivity index (χ1n) is 5.35. The summed E-state index contributed by atoms with van der Waals surface area (Å²) in [5, 5.41) is 4.05. The number of hydrogen-bond donors (Lipinski definition) is 1. The van der Waals surface area contributed by atoms with Crippen molar-refractivity contribution in [3.8, 4) is 0 Å². The summed E-state index contributed by atoms with van der Waals surface area (Å²) >= 11 is 0. The molecule has 2 N–H and O–H groups in total. The van der Waals surface area contributed by atoms with Gasteiger partial charge in [-0.15, -0.1) is 0 Å². The van der Waals surface area contributed by atoms with Crippen LogP contribution in [-0.2, 0) is 22.5 Å². The summed E-state index contributed by atoms with van der Waals surface area (Å²) in [4.78, 5) is 11.5. The first kappa shape index (κ1) is 12.5. The van der Waals surface area contributed by atoms with Crippen LogP contribution in [-0.4, -0.2) is 21.4 Å². The lowest BCUT2D eigenvalue weighted by Crippen LogP contribution is -2.27. The molecule has 1 rings (SSSR count). The molecule has 0 aliphatic heterocycles. The zero-order valence-corrected chi connectivity index (χ0v) is 10.3. The van der Waals surface area contributed by atoms with E-state index in [9.17, 15) is 4.79 Å². The Hall–Kier alpha value is -1.52. The minimum absolute atomic E-state index is 0.0586. The molecule has 5 heteroatoms. The van der Waals surface area contributed by atoms with Crippen LogP contribution in [0.1, 0.15) is 33.3 Å². The zero-order chi connectivity index (χ0) is 12.3. The molecular weight excluding hydrogens is 206 g/mol. The lowest BCUT2D eigenvalue weighted by molar-refractivity contribution is -0.155. The van der Waals surface area contributed by atoms with Crippen molar-refractivity contribution in [1.82, 2.24) is 9.78 Å². The predicted octanol–water partition coefficient (Wildman–Crippen LogP) is 1.37. The highest BCUT2D eigenvalue weighted by molar-refractivity contribution is 5.70. The topological polar surface area (TPSA) is 70.1 Å². The highest BCUT2D eigenvalue weighted by atomic mass is 16.6. The van der Waals surface area contributed by atoms with Gasteiger partial charge in [-0.3, -0.25) is 4.79 Å². The van der Waals surface area contributed by atoms with Crippen LogP contribution in [0.25, 0.3) is 0 Å². The van der Waals surface area contributed by atoms with Gasteiger partial charge in [0.1, 0.15) is 18.0 Å². The molecular formula is C11H19N3O2. The van der Waals surface area contributed by atoms with Crippen molar-refractivity contribution in [1.29, 1.82) is 0 Å². The van der Waals surface area contributed by atoms with Crippen molar-refractivity contribution in [2.24, 2.45) is 0 Å². The molecule has 1 aromatic rings. The zero-order valence-electron chi connectivity index (χ0n) is 10.3. The van der Waals surface area contributed by atoms with Crippen LogP contribution in [0.3, 0.4) is 0 Å². The Morgan fingerprint density at radius 3 is 2.62 bits per heavy atom. The van der Waals surface area contributed by atoms with Crippen LogP contribution in [0, 0.1) is 0 Å². The molecule has 0 aliphatic rings.